The molecule has 0 aliphatic heterocycles. The molecule has 0 saturated heterocycles. The standard InChI is InChI=1S/C18H14N2O3S/c21-18-17-14(8-9-19-17)15-10-13(6-7-16(15)20-18)24(22,23)11-12-4-2-1-3-5-12/h1-10,19H,11H2,(H,20,21). The van der Waals surface area contributed by atoms with E-state index in [4.69, 9.17) is 0 Å². The van der Waals surface area contributed by atoms with E-state index in [2.05, 4.69) is 9.97 Å². The van der Waals surface area contributed by atoms with Crippen molar-refractivity contribution in [2.45, 2.75) is 10.6 Å². The van der Waals surface area contributed by atoms with Crippen molar-refractivity contribution in [3.8, 4) is 0 Å². The van der Waals surface area contributed by atoms with E-state index in [-0.39, 0.29) is 16.2 Å². The molecular formula is C18H14N2O3S. The van der Waals surface area contributed by atoms with Gasteiger partial charge in [-0.3, -0.25) is 4.79 Å². The Bertz CT molecular complexity index is 1210. The number of rotatable bonds is 3. The fourth-order valence-electron chi connectivity index (χ4n) is 2.89. The SMILES string of the molecule is O=c1[nH]c2ccc(S(=O)(=O)Cc3ccccc3)cc2c2cc[nH]c12. The van der Waals surface area contributed by atoms with Crippen LogP contribution in [0.5, 0.6) is 0 Å². The van der Waals surface area contributed by atoms with E-state index in [9.17, 15) is 13.2 Å². The molecule has 0 fully saturated rings. The molecule has 4 aromatic rings. The Hall–Kier alpha value is -2.86. The molecule has 0 aliphatic rings. The van der Waals surface area contributed by atoms with Crippen LogP contribution in [-0.4, -0.2) is 18.4 Å². The first kappa shape index (κ1) is 14.7. The van der Waals surface area contributed by atoms with Gasteiger partial charge in [-0.15, -0.1) is 0 Å². The number of aromatic nitrogens is 2. The molecule has 0 amide bonds. The Kier molecular flexibility index (Phi) is 3.28. The van der Waals surface area contributed by atoms with Gasteiger partial charge in [0.2, 0.25) is 0 Å². The Morgan fingerprint density at radius 2 is 1.71 bits per heavy atom. The van der Waals surface area contributed by atoms with Crippen LogP contribution in [0, 0.1) is 0 Å². The molecular weight excluding hydrogens is 324 g/mol. The fourth-order valence-corrected chi connectivity index (χ4v) is 4.26. The van der Waals surface area contributed by atoms with E-state index in [0.717, 1.165) is 5.56 Å². The second-order valence-corrected chi connectivity index (χ2v) is 7.66. The molecule has 6 heteroatoms. The second-order valence-electron chi connectivity index (χ2n) is 5.67. The van der Waals surface area contributed by atoms with Gasteiger partial charge in [0.05, 0.1) is 10.6 Å². The molecule has 4 rings (SSSR count). The highest BCUT2D eigenvalue weighted by Crippen LogP contribution is 2.25. The molecule has 2 heterocycles. The molecule has 0 atom stereocenters. The predicted molar refractivity (Wildman–Crippen MR) is 93.8 cm³/mol. The van der Waals surface area contributed by atoms with Crippen LogP contribution in [-0.2, 0) is 15.6 Å². The zero-order valence-electron chi connectivity index (χ0n) is 12.6. The van der Waals surface area contributed by atoms with Crippen LogP contribution < -0.4 is 5.56 Å². The van der Waals surface area contributed by atoms with Crippen molar-refractivity contribution in [1.82, 2.24) is 9.97 Å². The maximum atomic E-state index is 12.7. The topological polar surface area (TPSA) is 82.8 Å². The molecule has 0 radical (unpaired) electrons. The Morgan fingerprint density at radius 1 is 0.917 bits per heavy atom. The third kappa shape index (κ3) is 2.41. The predicted octanol–water partition coefficient (Wildman–Crippen LogP) is 2.98. The number of sulfone groups is 1. The number of hydrogen-bond acceptors (Lipinski definition) is 3. The van der Waals surface area contributed by atoms with Gasteiger partial charge in [-0.25, -0.2) is 8.42 Å². The van der Waals surface area contributed by atoms with Crippen molar-refractivity contribution in [2.24, 2.45) is 0 Å². The third-order valence-corrected chi connectivity index (χ3v) is 5.75. The van der Waals surface area contributed by atoms with E-state index in [1.165, 1.54) is 6.07 Å². The third-order valence-electron chi connectivity index (χ3n) is 4.06. The molecule has 2 N–H and O–H groups in total. The van der Waals surface area contributed by atoms with Crippen molar-refractivity contribution >= 4 is 31.6 Å². The highest BCUT2D eigenvalue weighted by molar-refractivity contribution is 7.90. The average Bonchev–Trinajstić information content (AvgIpc) is 3.06. The van der Waals surface area contributed by atoms with Gasteiger partial charge in [-0.1, -0.05) is 30.3 Å². The molecule has 0 saturated carbocycles. The number of nitrogens with one attached hydrogen (secondary N) is 2. The van der Waals surface area contributed by atoms with Gasteiger partial charge in [-0.2, -0.15) is 0 Å². The second kappa shape index (κ2) is 5.35. The lowest BCUT2D eigenvalue weighted by Gasteiger charge is -2.07. The summed E-state index contributed by atoms with van der Waals surface area (Å²) in [7, 11) is -3.47. The van der Waals surface area contributed by atoms with E-state index < -0.39 is 9.84 Å². The lowest BCUT2D eigenvalue weighted by atomic mass is 10.1. The zero-order valence-corrected chi connectivity index (χ0v) is 13.4. The molecule has 0 unspecified atom stereocenters. The summed E-state index contributed by atoms with van der Waals surface area (Å²) in [5.41, 5.74) is 1.58. The van der Waals surface area contributed by atoms with Crippen molar-refractivity contribution in [3.05, 3.63) is 76.7 Å². The minimum Gasteiger partial charge on any atom is -0.357 e. The minimum atomic E-state index is -3.47. The largest absolute Gasteiger partial charge is 0.357 e. The Balaban J connectivity index is 1.88. The van der Waals surface area contributed by atoms with Gasteiger partial charge < -0.3 is 9.97 Å². The number of benzene rings is 2. The highest BCUT2D eigenvalue weighted by atomic mass is 32.2. The van der Waals surface area contributed by atoms with Gasteiger partial charge in [-0.05, 0) is 29.8 Å². The van der Waals surface area contributed by atoms with Crippen LogP contribution in [0.15, 0.2) is 70.5 Å². The Morgan fingerprint density at radius 3 is 2.50 bits per heavy atom. The lowest BCUT2D eigenvalue weighted by Crippen LogP contribution is -2.08. The molecule has 5 nitrogen and oxygen atoms in total. The Labute approximate surface area is 137 Å². The van der Waals surface area contributed by atoms with Gasteiger partial charge >= 0.3 is 0 Å². The van der Waals surface area contributed by atoms with Crippen molar-refractivity contribution in [2.75, 3.05) is 0 Å². The molecule has 120 valence electrons. The number of aromatic amines is 2. The summed E-state index contributed by atoms with van der Waals surface area (Å²) in [6.07, 6.45) is 1.67. The maximum absolute atomic E-state index is 12.7. The zero-order chi connectivity index (χ0) is 16.7. The van der Waals surface area contributed by atoms with Crippen LogP contribution in [0.4, 0.5) is 0 Å². The number of fused-ring (bicyclic) bond motifs is 3. The van der Waals surface area contributed by atoms with E-state index in [0.29, 0.717) is 21.8 Å². The monoisotopic (exact) mass is 338 g/mol. The summed E-state index contributed by atoms with van der Waals surface area (Å²) < 4.78 is 25.4. The van der Waals surface area contributed by atoms with Crippen molar-refractivity contribution in [1.29, 1.82) is 0 Å². The lowest BCUT2D eigenvalue weighted by molar-refractivity contribution is 0.595. The summed E-state index contributed by atoms with van der Waals surface area (Å²) in [6.45, 7) is 0. The molecule has 0 spiro atoms. The van der Waals surface area contributed by atoms with Crippen LogP contribution in [0.25, 0.3) is 21.8 Å². The minimum absolute atomic E-state index is 0.0566. The number of H-pyrrole nitrogens is 2. The quantitative estimate of drug-likeness (QED) is 0.602. The first-order valence-electron chi connectivity index (χ1n) is 7.44. The number of hydrogen-bond donors (Lipinski definition) is 2. The first-order valence-corrected chi connectivity index (χ1v) is 9.10. The van der Waals surface area contributed by atoms with Crippen molar-refractivity contribution < 1.29 is 8.42 Å². The molecule has 2 aromatic heterocycles. The summed E-state index contributed by atoms with van der Waals surface area (Å²) in [5.74, 6) is -0.0566. The summed E-state index contributed by atoms with van der Waals surface area (Å²) in [5, 5.41) is 1.42. The van der Waals surface area contributed by atoms with Crippen LogP contribution in [0.3, 0.4) is 0 Å². The highest BCUT2D eigenvalue weighted by Gasteiger charge is 2.17. The van der Waals surface area contributed by atoms with E-state index in [1.807, 2.05) is 18.2 Å². The molecule has 0 aliphatic carbocycles. The summed E-state index contributed by atoms with van der Waals surface area (Å²) >= 11 is 0. The molecule has 2 aromatic carbocycles. The van der Waals surface area contributed by atoms with Gasteiger partial charge in [0.25, 0.3) is 5.56 Å². The normalized spacial score (nSPS) is 12.0. The number of pyridine rings is 1. The van der Waals surface area contributed by atoms with Gasteiger partial charge in [0, 0.05) is 22.5 Å². The molecule has 24 heavy (non-hydrogen) atoms. The summed E-state index contributed by atoms with van der Waals surface area (Å²) in [6, 6.07) is 15.7. The van der Waals surface area contributed by atoms with Crippen LogP contribution in [0.2, 0.25) is 0 Å². The van der Waals surface area contributed by atoms with Gasteiger partial charge in [0.15, 0.2) is 9.84 Å². The van der Waals surface area contributed by atoms with E-state index in [1.54, 1.807) is 36.5 Å². The maximum Gasteiger partial charge on any atom is 0.272 e. The smallest absolute Gasteiger partial charge is 0.272 e. The van der Waals surface area contributed by atoms with Crippen LogP contribution >= 0.6 is 0 Å². The van der Waals surface area contributed by atoms with Gasteiger partial charge in [0.1, 0.15) is 5.52 Å². The molecule has 0 bridgehead atoms. The van der Waals surface area contributed by atoms with Crippen molar-refractivity contribution in [3.63, 3.8) is 0 Å². The van der Waals surface area contributed by atoms with Crippen LogP contribution in [0.1, 0.15) is 5.56 Å². The van der Waals surface area contributed by atoms with E-state index >= 15 is 0 Å². The first-order chi connectivity index (χ1) is 11.5. The average molecular weight is 338 g/mol. The fraction of sp³-hybridized carbons (Fsp3) is 0.0556. The summed E-state index contributed by atoms with van der Waals surface area (Å²) in [4.78, 5) is 17.9.